The van der Waals surface area contributed by atoms with Gasteiger partial charge in [0.25, 0.3) is 11.4 Å². The van der Waals surface area contributed by atoms with Crippen LogP contribution in [-0.2, 0) is 4.74 Å². The third-order valence-electron chi connectivity index (χ3n) is 2.93. The predicted octanol–water partition coefficient (Wildman–Crippen LogP) is 1.64. The van der Waals surface area contributed by atoms with Crippen molar-refractivity contribution in [2.24, 2.45) is 0 Å². The summed E-state index contributed by atoms with van der Waals surface area (Å²) in [6, 6.07) is 1.06. The van der Waals surface area contributed by atoms with E-state index in [4.69, 9.17) is 0 Å². The molecular formula is C13H15N3O7. The van der Waals surface area contributed by atoms with Crippen molar-refractivity contribution in [3.05, 3.63) is 50.6 Å². The van der Waals surface area contributed by atoms with Crippen LogP contribution < -0.4 is 5.32 Å². The summed E-state index contributed by atoms with van der Waals surface area (Å²) in [6.07, 6.45) is 1.68. The van der Waals surface area contributed by atoms with Gasteiger partial charge in [0.15, 0.2) is 5.69 Å². The molecule has 0 saturated heterocycles. The molecule has 1 rings (SSSR count). The topological polar surface area (TPSA) is 145 Å². The predicted molar refractivity (Wildman–Crippen MR) is 80.4 cm³/mol. The van der Waals surface area contributed by atoms with Crippen LogP contribution in [0.3, 0.4) is 0 Å². The van der Waals surface area contributed by atoms with Crippen molar-refractivity contribution in [1.82, 2.24) is 0 Å². The van der Waals surface area contributed by atoms with E-state index in [1.807, 2.05) is 0 Å². The van der Waals surface area contributed by atoms with E-state index in [1.165, 1.54) is 6.08 Å². The van der Waals surface area contributed by atoms with Crippen LogP contribution in [-0.4, -0.2) is 40.7 Å². The summed E-state index contributed by atoms with van der Waals surface area (Å²) >= 11 is 0. The van der Waals surface area contributed by atoms with Gasteiger partial charge in [-0.25, -0.2) is 4.79 Å². The number of benzene rings is 1. The second-order valence-electron chi connectivity index (χ2n) is 4.44. The first kappa shape index (κ1) is 18.0. The molecule has 0 unspecified atom stereocenters. The average molecular weight is 325 g/mol. The van der Waals surface area contributed by atoms with E-state index in [0.29, 0.717) is 0 Å². The van der Waals surface area contributed by atoms with Crippen molar-refractivity contribution >= 4 is 23.0 Å². The van der Waals surface area contributed by atoms with Crippen LogP contribution in [0.5, 0.6) is 0 Å². The normalized spacial score (nSPS) is 11.4. The van der Waals surface area contributed by atoms with E-state index in [2.05, 4.69) is 16.6 Å². The number of aliphatic hydroxyl groups excluding tert-OH is 1. The number of aliphatic hydroxyl groups is 1. The van der Waals surface area contributed by atoms with E-state index in [0.717, 1.165) is 19.2 Å². The standard InChI is InChI=1S/C13H15N3O7/c1-3-4-9(7-17)14-12-10(15(19)20)5-8(13(18)23-2)6-11(12)16(21)22/h3,5-6,9,14,17H,1,4,7H2,2H3/t9-/m0/s1. The second kappa shape index (κ2) is 7.84. The molecule has 0 aliphatic heterocycles. The number of nitro benzene ring substituents is 2. The Morgan fingerprint density at radius 3 is 2.26 bits per heavy atom. The van der Waals surface area contributed by atoms with Gasteiger partial charge >= 0.3 is 5.97 Å². The van der Waals surface area contributed by atoms with Crippen LogP contribution >= 0.6 is 0 Å². The van der Waals surface area contributed by atoms with Crippen LogP contribution in [0.2, 0.25) is 0 Å². The molecule has 0 bridgehead atoms. The van der Waals surface area contributed by atoms with E-state index in [9.17, 15) is 30.1 Å². The minimum Gasteiger partial charge on any atom is -0.465 e. The molecule has 0 aliphatic carbocycles. The molecule has 0 saturated carbocycles. The number of rotatable bonds is 8. The fraction of sp³-hybridized carbons (Fsp3) is 0.308. The molecule has 0 heterocycles. The Bertz CT molecular complexity index is 609. The summed E-state index contributed by atoms with van der Waals surface area (Å²) in [4.78, 5) is 32.2. The van der Waals surface area contributed by atoms with Crippen LogP contribution in [0.25, 0.3) is 0 Å². The third-order valence-corrected chi connectivity index (χ3v) is 2.93. The largest absolute Gasteiger partial charge is 0.465 e. The molecule has 1 aromatic rings. The maximum Gasteiger partial charge on any atom is 0.338 e. The van der Waals surface area contributed by atoms with Gasteiger partial charge in [0.2, 0.25) is 0 Å². The lowest BCUT2D eigenvalue weighted by Crippen LogP contribution is -2.24. The molecule has 0 radical (unpaired) electrons. The van der Waals surface area contributed by atoms with Gasteiger partial charge in [0, 0.05) is 12.1 Å². The molecule has 1 atom stereocenters. The van der Waals surface area contributed by atoms with Gasteiger partial charge in [-0.2, -0.15) is 0 Å². The first-order valence-corrected chi connectivity index (χ1v) is 6.39. The van der Waals surface area contributed by atoms with Crippen LogP contribution in [0.1, 0.15) is 16.8 Å². The van der Waals surface area contributed by atoms with E-state index >= 15 is 0 Å². The van der Waals surface area contributed by atoms with Crippen molar-refractivity contribution in [3.8, 4) is 0 Å². The van der Waals surface area contributed by atoms with Gasteiger partial charge in [-0.1, -0.05) is 6.08 Å². The number of hydrogen-bond donors (Lipinski definition) is 2. The van der Waals surface area contributed by atoms with Crippen molar-refractivity contribution < 1.29 is 24.5 Å². The number of anilines is 1. The first-order valence-electron chi connectivity index (χ1n) is 6.39. The number of ether oxygens (including phenoxy) is 1. The van der Waals surface area contributed by atoms with Crippen molar-refractivity contribution in [2.75, 3.05) is 19.0 Å². The molecule has 0 amide bonds. The highest BCUT2D eigenvalue weighted by atomic mass is 16.6. The highest BCUT2D eigenvalue weighted by Crippen LogP contribution is 2.36. The first-order chi connectivity index (χ1) is 10.8. The monoisotopic (exact) mass is 325 g/mol. The molecule has 10 nitrogen and oxygen atoms in total. The van der Waals surface area contributed by atoms with Gasteiger partial charge in [-0.05, 0) is 6.42 Å². The number of carbonyl (C=O) groups is 1. The summed E-state index contributed by atoms with van der Waals surface area (Å²) in [5.74, 6) is -0.937. The zero-order chi connectivity index (χ0) is 17.6. The molecule has 23 heavy (non-hydrogen) atoms. The average Bonchev–Trinajstić information content (AvgIpc) is 2.52. The van der Waals surface area contributed by atoms with Crippen molar-refractivity contribution in [2.45, 2.75) is 12.5 Å². The highest BCUT2D eigenvalue weighted by Gasteiger charge is 2.30. The number of nitrogens with zero attached hydrogens (tertiary/aromatic N) is 2. The molecule has 10 heteroatoms. The Labute approximate surface area is 130 Å². The summed E-state index contributed by atoms with van der Waals surface area (Å²) in [5, 5.41) is 34.2. The zero-order valence-electron chi connectivity index (χ0n) is 12.2. The number of esters is 1. The summed E-state index contributed by atoms with van der Waals surface area (Å²) < 4.78 is 4.43. The summed E-state index contributed by atoms with van der Waals surface area (Å²) in [6.45, 7) is 3.06. The molecule has 2 N–H and O–H groups in total. The molecule has 0 fully saturated rings. The number of nitro groups is 2. The fourth-order valence-electron chi connectivity index (χ4n) is 1.87. The lowest BCUT2D eigenvalue weighted by Gasteiger charge is -2.16. The van der Waals surface area contributed by atoms with Gasteiger partial charge in [0.1, 0.15) is 0 Å². The van der Waals surface area contributed by atoms with E-state index < -0.39 is 45.5 Å². The Morgan fingerprint density at radius 2 is 1.91 bits per heavy atom. The Balaban J connectivity index is 3.51. The van der Waals surface area contributed by atoms with E-state index in [1.54, 1.807) is 0 Å². The zero-order valence-corrected chi connectivity index (χ0v) is 12.2. The number of methoxy groups -OCH3 is 1. The lowest BCUT2D eigenvalue weighted by atomic mass is 10.1. The molecule has 1 aromatic carbocycles. The van der Waals surface area contributed by atoms with Crippen molar-refractivity contribution in [3.63, 3.8) is 0 Å². The van der Waals surface area contributed by atoms with Gasteiger partial charge in [0.05, 0.1) is 35.2 Å². The maximum atomic E-state index is 11.5. The third kappa shape index (κ3) is 4.23. The van der Waals surface area contributed by atoms with Crippen LogP contribution in [0, 0.1) is 20.2 Å². The van der Waals surface area contributed by atoms with Crippen molar-refractivity contribution in [1.29, 1.82) is 0 Å². The number of nitrogens with one attached hydrogen (secondary N) is 1. The van der Waals surface area contributed by atoms with Gasteiger partial charge < -0.3 is 15.2 Å². The smallest absolute Gasteiger partial charge is 0.338 e. The minimum atomic E-state index is -0.937. The Morgan fingerprint density at radius 1 is 1.39 bits per heavy atom. The number of hydrogen-bond acceptors (Lipinski definition) is 8. The van der Waals surface area contributed by atoms with E-state index in [-0.39, 0.29) is 12.0 Å². The Kier molecular flexibility index (Phi) is 6.15. The molecule has 124 valence electrons. The molecule has 0 spiro atoms. The maximum absolute atomic E-state index is 11.5. The second-order valence-corrected chi connectivity index (χ2v) is 4.44. The quantitative estimate of drug-likeness (QED) is 0.317. The lowest BCUT2D eigenvalue weighted by molar-refractivity contribution is -0.392. The summed E-state index contributed by atoms with van der Waals surface area (Å²) in [5.41, 5.74) is -2.04. The molecular weight excluding hydrogens is 310 g/mol. The summed E-state index contributed by atoms with van der Waals surface area (Å²) in [7, 11) is 1.05. The molecule has 0 aliphatic rings. The Hall–Kier alpha value is -3.01. The van der Waals surface area contributed by atoms with Crippen LogP contribution in [0.4, 0.5) is 17.1 Å². The van der Waals surface area contributed by atoms with Gasteiger partial charge in [-0.3, -0.25) is 20.2 Å². The van der Waals surface area contributed by atoms with Crippen LogP contribution in [0.15, 0.2) is 24.8 Å². The highest BCUT2D eigenvalue weighted by molar-refractivity contribution is 5.93. The van der Waals surface area contributed by atoms with Gasteiger partial charge in [-0.15, -0.1) is 6.58 Å². The minimum absolute atomic E-state index is 0.226. The number of carbonyl (C=O) groups excluding carboxylic acids is 1. The fourth-order valence-corrected chi connectivity index (χ4v) is 1.87. The molecule has 0 aromatic heterocycles. The SMILES string of the molecule is C=CC[C@@H](CO)Nc1c([N+](=O)[O-])cc(C(=O)OC)cc1[N+](=O)[O-].